The Morgan fingerprint density at radius 3 is 2.40 bits per heavy atom. The summed E-state index contributed by atoms with van der Waals surface area (Å²) in [6, 6.07) is 14.1. The molecule has 2 aliphatic rings. The van der Waals surface area contributed by atoms with Crippen molar-refractivity contribution >= 4 is 21.4 Å². The first-order chi connectivity index (χ1) is 12.0. The Balaban J connectivity index is 1.61. The van der Waals surface area contributed by atoms with Crippen molar-refractivity contribution in [1.29, 1.82) is 0 Å². The predicted octanol–water partition coefficient (Wildman–Crippen LogP) is 3.49. The van der Waals surface area contributed by atoms with Crippen molar-refractivity contribution in [3.05, 3.63) is 59.2 Å². The van der Waals surface area contributed by atoms with Gasteiger partial charge in [-0.15, -0.1) is 0 Å². The highest BCUT2D eigenvalue weighted by Crippen LogP contribution is 2.35. The molecule has 1 saturated heterocycles. The van der Waals surface area contributed by atoms with Crippen LogP contribution in [0.3, 0.4) is 0 Å². The second kappa shape index (κ2) is 6.37. The van der Waals surface area contributed by atoms with Crippen LogP contribution < -0.4 is 9.21 Å². The van der Waals surface area contributed by atoms with Gasteiger partial charge in [0.15, 0.2) is 0 Å². The Hall–Kier alpha value is -2.01. The monoisotopic (exact) mass is 356 g/mol. The van der Waals surface area contributed by atoms with Gasteiger partial charge in [-0.25, -0.2) is 8.42 Å². The van der Waals surface area contributed by atoms with Crippen LogP contribution in [-0.4, -0.2) is 28.1 Å². The Labute approximate surface area is 150 Å². The first-order valence-electron chi connectivity index (χ1n) is 8.97. The number of fused-ring (bicyclic) bond motifs is 1. The number of hydrogen-bond donors (Lipinski definition) is 0. The number of aryl methyl sites for hydroxylation is 1. The van der Waals surface area contributed by atoms with E-state index in [0.717, 1.165) is 47.6 Å². The molecule has 0 N–H and O–H groups in total. The molecule has 2 aromatic rings. The lowest BCUT2D eigenvalue weighted by atomic mass is 10.1. The summed E-state index contributed by atoms with van der Waals surface area (Å²) in [4.78, 5) is 2.35. The van der Waals surface area contributed by atoms with Crippen LogP contribution in [-0.2, 0) is 22.2 Å². The van der Waals surface area contributed by atoms with Gasteiger partial charge in [0.1, 0.15) is 0 Å². The maximum Gasteiger partial charge on any atom is 0.239 e. The van der Waals surface area contributed by atoms with Crippen molar-refractivity contribution in [2.24, 2.45) is 0 Å². The summed E-state index contributed by atoms with van der Waals surface area (Å²) in [5, 5.41) is 0. The van der Waals surface area contributed by atoms with Crippen molar-refractivity contribution in [3.8, 4) is 0 Å². The van der Waals surface area contributed by atoms with Crippen molar-refractivity contribution in [3.63, 3.8) is 0 Å². The Bertz CT molecular complexity index is 869. The Morgan fingerprint density at radius 1 is 0.960 bits per heavy atom. The van der Waals surface area contributed by atoms with E-state index in [1.165, 1.54) is 12.8 Å². The third-order valence-corrected chi connectivity index (χ3v) is 6.95. The predicted molar refractivity (Wildman–Crippen MR) is 103 cm³/mol. The van der Waals surface area contributed by atoms with Gasteiger partial charge in [0.05, 0.1) is 11.4 Å². The van der Waals surface area contributed by atoms with Crippen molar-refractivity contribution in [2.75, 3.05) is 28.8 Å². The maximum atomic E-state index is 13.0. The molecule has 2 aliphatic heterocycles. The lowest BCUT2D eigenvalue weighted by Crippen LogP contribution is -2.30. The van der Waals surface area contributed by atoms with Gasteiger partial charge in [0, 0.05) is 25.3 Å². The van der Waals surface area contributed by atoms with E-state index >= 15 is 0 Å². The molecule has 25 heavy (non-hydrogen) atoms. The average Bonchev–Trinajstić information content (AvgIpc) is 3.25. The van der Waals surface area contributed by atoms with Crippen LogP contribution in [0.1, 0.15) is 29.5 Å². The van der Waals surface area contributed by atoms with Crippen molar-refractivity contribution in [1.82, 2.24) is 0 Å². The summed E-state index contributed by atoms with van der Waals surface area (Å²) < 4.78 is 27.6. The smallest absolute Gasteiger partial charge is 0.239 e. The minimum atomic E-state index is -3.36. The number of nitrogens with zero attached hydrogens (tertiary/aromatic N) is 2. The summed E-state index contributed by atoms with van der Waals surface area (Å²) >= 11 is 0. The molecule has 4 nitrogen and oxygen atoms in total. The van der Waals surface area contributed by atoms with Crippen LogP contribution in [0.15, 0.2) is 42.5 Å². The van der Waals surface area contributed by atoms with Crippen molar-refractivity contribution in [2.45, 2.75) is 31.9 Å². The van der Waals surface area contributed by atoms with Crippen LogP contribution in [0.2, 0.25) is 0 Å². The van der Waals surface area contributed by atoms with Gasteiger partial charge in [-0.2, -0.15) is 0 Å². The van der Waals surface area contributed by atoms with Crippen molar-refractivity contribution < 1.29 is 8.42 Å². The van der Waals surface area contributed by atoms with E-state index in [9.17, 15) is 8.42 Å². The highest BCUT2D eigenvalue weighted by atomic mass is 32.2. The van der Waals surface area contributed by atoms with Gasteiger partial charge in [-0.1, -0.05) is 35.9 Å². The zero-order chi connectivity index (χ0) is 17.4. The zero-order valence-electron chi connectivity index (χ0n) is 14.6. The molecule has 0 bridgehead atoms. The van der Waals surface area contributed by atoms with Crippen LogP contribution in [0.25, 0.3) is 0 Å². The fourth-order valence-corrected chi connectivity index (χ4v) is 5.38. The molecule has 0 atom stereocenters. The molecular formula is C20H24N2O2S. The molecule has 5 heteroatoms. The van der Waals surface area contributed by atoms with Crippen LogP contribution in [0.4, 0.5) is 11.4 Å². The molecule has 0 spiro atoms. The summed E-state index contributed by atoms with van der Waals surface area (Å²) in [7, 11) is -3.36. The molecule has 0 radical (unpaired) electrons. The molecule has 0 unspecified atom stereocenters. The van der Waals surface area contributed by atoms with Crippen LogP contribution in [0, 0.1) is 6.92 Å². The molecule has 4 rings (SSSR count). The minimum Gasteiger partial charge on any atom is -0.371 e. The number of hydrogen-bond acceptors (Lipinski definition) is 3. The lowest BCUT2D eigenvalue weighted by Gasteiger charge is -2.23. The molecule has 2 heterocycles. The topological polar surface area (TPSA) is 40.6 Å². The second-order valence-corrected chi connectivity index (χ2v) is 8.96. The van der Waals surface area contributed by atoms with Gasteiger partial charge in [0.2, 0.25) is 10.0 Å². The van der Waals surface area contributed by atoms with E-state index in [4.69, 9.17) is 0 Å². The van der Waals surface area contributed by atoms with E-state index in [1.807, 2.05) is 31.2 Å². The molecule has 0 amide bonds. The molecule has 132 valence electrons. The fourth-order valence-electron chi connectivity index (χ4n) is 3.77. The van der Waals surface area contributed by atoms with Crippen LogP contribution in [0.5, 0.6) is 0 Å². The van der Waals surface area contributed by atoms with Gasteiger partial charge >= 0.3 is 0 Å². The van der Waals surface area contributed by atoms with E-state index in [0.29, 0.717) is 6.54 Å². The van der Waals surface area contributed by atoms with E-state index < -0.39 is 10.0 Å². The second-order valence-electron chi connectivity index (χ2n) is 7.07. The highest BCUT2D eigenvalue weighted by Gasteiger charge is 2.30. The SMILES string of the molecule is Cc1ccc(CS(=O)(=O)N2CCc3ccc(N4CCCC4)cc32)cc1. The van der Waals surface area contributed by atoms with Gasteiger partial charge in [0.25, 0.3) is 0 Å². The first-order valence-corrected chi connectivity index (χ1v) is 10.6. The minimum absolute atomic E-state index is 0.0562. The summed E-state index contributed by atoms with van der Waals surface area (Å²) in [6.45, 7) is 4.69. The third-order valence-electron chi connectivity index (χ3n) is 5.20. The quantitative estimate of drug-likeness (QED) is 0.842. The van der Waals surface area contributed by atoms with Crippen LogP contribution >= 0.6 is 0 Å². The number of sulfonamides is 1. The summed E-state index contributed by atoms with van der Waals surface area (Å²) in [5.41, 5.74) is 5.14. The normalized spacial score (nSPS) is 17.2. The van der Waals surface area contributed by atoms with Gasteiger partial charge in [-0.3, -0.25) is 4.31 Å². The molecule has 1 fully saturated rings. The fraction of sp³-hybridized carbons (Fsp3) is 0.400. The molecular weight excluding hydrogens is 332 g/mol. The third kappa shape index (κ3) is 3.25. The largest absolute Gasteiger partial charge is 0.371 e. The summed E-state index contributed by atoms with van der Waals surface area (Å²) in [5.74, 6) is 0.0562. The molecule has 0 aliphatic carbocycles. The summed E-state index contributed by atoms with van der Waals surface area (Å²) in [6.07, 6.45) is 3.22. The highest BCUT2D eigenvalue weighted by molar-refractivity contribution is 7.92. The average molecular weight is 356 g/mol. The van der Waals surface area contributed by atoms with E-state index in [-0.39, 0.29) is 5.75 Å². The lowest BCUT2D eigenvalue weighted by molar-refractivity contribution is 0.591. The van der Waals surface area contributed by atoms with E-state index in [1.54, 1.807) is 4.31 Å². The molecule has 0 saturated carbocycles. The Morgan fingerprint density at radius 2 is 1.68 bits per heavy atom. The zero-order valence-corrected chi connectivity index (χ0v) is 15.4. The number of benzene rings is 2. The standard InChI is InChI=1S/C20H24N2O2S/c1-16-4-6-17(7-5-16)15-25(23,24)22-13-10-18-8-9-19(14-20(18)22)21-11-2-3-12-21/h4-9,14H,2-3,10-13,15H2,1H3. The molecule has 0 aromatic heterocycles. The number of rotatable bonds is 4. The van der Waals surface area contributed by atoms with Gasteiger partial charge in [-0.05, 0) is 49.4 Å². The van der Waals surface area contributed by atoms with E-state index in [2.05, 4.69) is 23.1 Å². The maximum absolute atomic E-state index is 13.0. The van der Waals surface area contributed by atoms with Gasteiger partial charge < -0.3 is 4.90 Å². The Kier molecular flexibility index (Phi) is 4.20. The molecule has 2 aromatic carbocycles. The first kappa shape index (κ1) is 16.5. The number of anilines is 2.